The SMILES string of the molecule is CC(O)c1nc2cc(N)ccc2n1-c1cc(Cl)cc(Cl)c1. The van der Waals surface area contributed by atoms with Gasteiger partial charge in [-0.05, 0) is 43.3 Å². The maximum absolute atomic E-state index is 9.99. The van der Waals surface area contributed by atoms with Gasteiger partial charge in [0.25, 0.3) is 0 Å². The van der Waals surface area contributed by atoms with E-state index in [2.05, 4.69) is 4.98 Å². The number of nitrogens with two attached hydrogens (primary N) is 1. The van der Waals surface area contributed by atoms with Crippen molar-refractivity contribution in [3.63, 3.8) is 0 Å². The van der Waals surface area contributed by atoms with Gasteiger partial charge in [-0.2, -0.15) is 0 Å². The number of hydrogen-bond acceptors (Lipinski definition) is 3. The van der Waals surface area contributed by atoms with E-state index in [0.717, 1.165) is 11.2 Å². The van der Waals surface area contributed by atoms with Crippen LogP contribution in [0.15, 0.2) is 36.4 Å². The molecule has 3 N–H and O–H groups in total. The first-order valence-corrected chi connectivity index (χ1v) is 7.13. The average Bonchev–Trinajstić information content (AvgIpc) is 2.76. The van der Waals surface area contributed by atoms with Gasteiger partial charge in [-0.15, -0.1) is 0 Å². The van der Waals surface area contributed by atoms with Crippen molar-refractivity contribution in [2.75, 3.05) is 5.73 Å². The van der Waals surface area contributed by atoms with E-state index in [1.54, 1.807) is 37.3 Å². The molecule has 0 amide bonds. The molecular formula is C15H13Cl2N3O. The highest BCUT2D eigenvalue weighted by Crippen LogP contribution is 2.29. The Bertz CT molecular complexity index is 807. The smallest absolute Gasteiger partial charge is 0.143 e. The Morgan fingerprint density at radius 2 is 1.81 bits per heavy atom. The highest BCUT2D eigenvalue weighted by atomic mass is 35.5. The van der Waals surface area contributed by atoms with Crippen molar-refractivity contribution >= 4 is 39.9 Å². The minimum atomic E-state index is -0.739. The van der Waals surface area contributed by atoms with Crippen LogP contribution in [0.3, 0.4) is 0 Å². The van der Waals surface area contributed by atoms with Gasteiger partial charge in [0.05, 0.1) is 16.7 Å². The monoisotopic (exact) mass is 321 g/mol. The summed E-state index contributed by atoms with van der Waals surface area (Å²) in [5.41, 5.74) is 8.70. The molecule has 3 aromatic rings. The Kier molecular flexibility index (Phi) is 3.53. The van der Waals surface area contributed by atoms with Crippen molar-refractivity contribution in [1.82, 2.24) is 9.55 Å². The molecular weight excluding hydrogens is 309 g/mol. The van der Waals surface area contributed by atoms with Gasteiger partial charge in [-0.3, -0.25) is 4.57 Å². The summed E-state index contributed by atoms with van der Waals surface area (Å²) in [5.74, 6) is 0.508. The second-order valence-corrected chi connectivity index (χ2v) is 5.73. The molecule has 0 fully saturated rings. The van der Waals surface area contributed by atoms with Crippen LogP contribution >= 0.6 is 23.2 Å². The van der Waals surface area contributed by atoms with Crippen molar-refractivity contribution in [1.29, 1.82) is 0 Å². The molecule has 1 unspecified atom stereocenters. The summed E-state index contributed by atoms with van der Waals surface area (Å²) in [6.07, 6.45) is -0.739. The van der Waals surface area contributed by atoms with E-state index in [9.17, 15) is 5.11 Å². The van der Waals surface area contributed by atoms with Gasteiger partial charge in [-0.1, -0.05) is 23.2 Å². The standard InChI is InChI=1S/C15H13Cl2N3O/c1-8(21)15-19-13-7-11(18)2-3-14(13)20(15)12-5-9(16)4-10(17)6-12/h2-8,21H,18H2,1H3. The Hall–Kier alpha value is -1.75. The summed E-state index contributed by atoms with van der Waals surface area (Å²) in [7, 11) is 0. The molecule has 0 radical (unpaired) electrons. The topological polar surface area (TPSA) is 64.1 Å². The molecule has 108 valence electrons. The summed E-state index contributed by atoms with van der Waals surface area (Å²) in [6, 6.07) is 10.6. The lowest BCUT2D eigenvalue weighted by Crippen LogP contribution is -2.04. The van der Waals surface area contributed by atoms with E-state index in [1.165, 1.54) is 0 Å². The normalized spacial score (nSPS) is 12.8. The number of imidazole rings is 1. The van der Waals surface area contributed by atoms with E-state index in [0.29, 0.717) is 27.1 Å². The molecule has 0 aliphatic rings. The first kappa shape index (κ1) is 14.2. The first-order chi connectivity index (χ1) is 9.95. The van der Waals surface area contributed by atoms with Crippen LogP contribution in [0.2, 0.25) is 10.0 Å². The molecule has 0 aliphatic heterocycles. The lowest BCUT2D eigenvalue weighted by Gasteiger charge is -2.12. The Balaban J connectivity index is 2.36. The molecule has 1 heterocycles. The van der Waals surface area contributed by atoms with Crippen LogP contribution in [0.5, 0.6) is 0 Å². The number of rotatable bonds is 2. The second-order valence-electron chi connectivity index (χ2n) is 4.86. The average molecular weight is 322 g/mol. The van der Waals surface area contributed by atoms with Crippen LogP contribution < -0.4 is 5.73 Å². The summed E-state index contributed by atoms with van der Waals surface area (Å²) in [6.45, 7) is 1.66. The number of fused-ring (bicyclic) bond motifs is 1. The molecule has 0 aliphatic carbocycles. The van der Waals surface area contributed by atoms with E-state index >= 15 is 0 Å². The number of hydrogen-bond donors (Lipinski definition) is 2. The third-order valence-electron chi connectivity index (χ3n) is 3.18. The van der Waals surface area contributed by atoms with Crippen LogP contribution in [0, 0.1) is 0 Å². The number of halogens is 2. The van der Waals surface area contributed by atoms with Gasteiger partial charge in [0.15, 0.2) is 0 Å². The van der Waals surface area contributed by atoms with Gasteiger partial charge in [0, 0.05) is 15.7 Å². The largest absolute Gasteiger partial charge is 0.399 e. The van der Waals surface area contributed by atoms with Crippen molar-refractivity contribution in [3.05, 3.63) is 52.3 Å². The summed E-state index contributed by atoms with van der Waals surface area (Å²) in [5, 5.41) is 11.0. The molecule has 4 nitrogen and oxygen atoms in total. The number of aliphatic hydroxyl groups is 1. The van der Waals surface area contributed by atoms with Gasteiger partial charge >= 0.3 is 0 Å². The number of aromatic nitrogens is 2. The van der Waals surface area contributed by atoms with E-state index in [4.69, 9.17) is 28.9 Å². The molecule has 3 rings (SSSR count). The summed E-state index contributed by atoms with van der Waals surface area (Å²) < 4.78 is 1.83. The molecule has 0 saturated heterocycles. The van der Waals surface area contributed by atoms with Crippen LogP contribution in [0.25, 0.3) is 16.7 Å². The second kappa shape index (κ2) is 5.22. The van der Waals surface area contributed by atoms with Crippen molar-refractivity contribution in [3.8, 4) is 5.69 Å². The first-order valence-electron chi connectivity index (χ1n) is 6.38. The van der Waals surface area contributed by atoms with Gasteiger partial charge < -0.3 is 10.8 Å². The molecule has 6 heteroatoms. The summed E-state index contributed by atoms with van der Waals surface area (Å²) >= 11 is 12.1. The molecule has 2 aromatic carbocycles. The number of anilines is 1. The fourth-order valence-corrected chi connectivity index (χ4v) is 2.85. The zero-order valence-electron chi connectivity index (χ0n) is 11.2. The molecule has 0 saturated carbocycles. The molecule has 21 heavy (non-hydrogen) atoms. The Labute approximate surface area is 131 Å². The molecule has 0 bridgehead atoms. The van der Waals surface area contributed by atoms with Gasteiger partial charge in [-0.25, -0.2) is 4.98 Å². The Morgan fingerprint density at radius 3 is 2.43 bits per heavy atom. The minimum absolute atomic E-state index is 0.508. The van der Waals surface area contributed by atoms with E-state index in [-0.39, 0.29) is 0 Å². The molecule has 1 aromatic heterocycles. The molecule has 0 spiro atoms. The number of nitrogen functional groups attached to an aromatic ring is 1. The lowest BCUT2D eigenvalue weighted by atomic mass is 10.2. The third kappa shape index (κ3) is 2.58. The van der Waals surface area contributed by atoms with Crippen LogP contribution in [0.4, 0.5) is 5.69 Å². The fraction of sp³-hybridized carbons (Fsp3) is 0.133. The zero-order valence-corrected chi connectivity index (χ0v) is 12.7. The quantitative estimate of drug-likeness (QED) is 0.702. The van der Waals surface area contributed by atoms with E-state index < -0.39 is 6.10 Å². The van der Waals surface area contributed by atoms with Crippen molar-refractivity contribution < 1.29 is 5.11 Å². The van der Waals surface area contributed by atoms with Crippen LogP contribution in [-0.4, -0.2) is 14.7 Å². The minimum Gasteiger partial charge on any atom is -0.399 e. The van der Waals surface area contributed by atoms with Crippen LogP contribution in [0.1, 0.15) is 18.9 Å². The maximum Gasteiger partial charge on any atom is 0.143 e. The Morgan fingerprint density at radius 1 is 1.14 bits per heavy atom. The third-order valence-corrected chi connectivity index (χ3v) is 3.62. The van der Waals surface area contributed by atoms with Gasteiger partial charge in [0.2, 0.25) is 0 Å². The van der Waals surface area contributed by atoms with E-state index in [1.807, 2.05) is 10.6 Å². The summed E-state index contributed by atoms with van der Waals surface area (Å²) in [4.78, 5) is 4.46. The van der Waals surface area contributed by atoms with Crippen LogP contribution in [-0.2, 0) is 0 Å². The highest BCUT2D eigenvalue weighted by molar-refractivity contribution is 6.34. The predicted molar refractivity (Wildman–Crippen MR) is 86.1 cm³/mol. The van der Waals surface area contributed by atoms with Crippen molar-refractivity contribution in [2.24, 2.45) is 0 Å². The lowest BCUT2D eigenvalue weighted by molar-refractivity contribution is 0.187. The van der Waals surface area contributed by atoms with Gasteiger partial charge in [0.1, 0.15) is 11.9 Å². The maximum atomic E-state index is 9.99. The zero-order chi connectivity index (χ0) is 15.1. The predicted octanol–water partition coefficient (Wildman–Crippen LogP) is 3.97. The molecule has 1 atom stereocenters. The number of nitrogens with zero attached hydrogens (tertiary/aromatic N) is 2. The highest BCUT2D eigenvalue weighted by Gasteiger charge is 2.17. The number of aliphatic hydroxyl groups excluding tert-OH is 1. The number of benzene rings is 2. The van der Waals surface area contributed by atoms with Crippen molar-refractivity contribution in [2.45, 2.75) is 13.0 Å². The fourth-order valence-electron chi connectivity index (χ4n) is 2.34.